The Morgan fingerprint density at radius 2 is 0.663 bits per heavy atom. The molecule has 508 valence electrons. The van der Waals surface area contributed by atoms with Crippen LogP contribution in [0.3, 0.4) is 0 Å². The molecule has 0 spiro atoms. The molecule has 4 rings (SSSR count). The molecule has 0 aliphatic carbocycles. The molecule has 89 heavy (non-hydrogen) atoms. The van der Waals surface area contributed by atoms with E-state index in [2.05, 4.69) is 20.6 Å². The largest absolute Gasteiger partial charge is 0.455 e. The fraction of sp³-hybridized carbons (Fsp3) is 0.839. The highest BCUT2D eigenvalue weighted by atomic mass is 16.8. The van der Waals surface area contributed by atoms with Crippen molar-refractivity contribution in [2.45, 2.75) is 283 Å². The Kier molecular flexibility index (Phi) is 37.9. The smallest absolute Gasteiger partial charge is 0.306 e. The van der Waals surface area contributed by atoms with Crippen LogP contribution >= 0.6 is 0 Å². The van der Waals surface area contributed by atoms with Gasteiger partial charge in [0.2, 0.25) is 12.6 Å². The highest BCUT2D eigenvalue weighted by molar-refractivity contribution is 5.73. The van der Waals surface area contributed by atoms with E-state index in [1.165, 1.54) is 9.36 Å². The number of ether oxygens (including phenoxy) is 9. The minimum absolute atomic E-state index is 0.0135. The van der Waals surface area contributed by atoms with Gasteiger partial charge < -0.3 is 65.6 Å². The number of nitrogens with zero attached hydrogens (tertiary/aromatic N) is 8. The molecule has 4 heterocycles. The van der Waals surface area contributed by atoms with Crippen LogP contribution in [-0.4, -0.2) is 189 Å². The number of unbranched alkanes of at least 4 members (excludes halogenated alkanes) is 12. The maximum atomic E-state index is 14.3. The van der Waals surface area contributed by atoms with Gasteiger partial charge >= 0.3 is 35.8 Å². The van der Waals surface area contributed by atoms with Crippen molar-refractivity contribution in [1.82, 2.24) is 39.8 Å². The van der Waals surface area contributed by atoms with Gasteiger partial charge in [-0.25, -0.2) is 9.36 Å². The van der Waals surface area contributed by atoms with Gasteiger partial charge in [0.1, 0.15) is 12.2 Å². The third-order valence-electron chi connectivity index (χ3n) is 15.4. The van der Waals surface area contributed by atoms with Crippen molar-refractivity contribution in [2.24, 2.45) is 22.9 Å². The lowest BCUT2D eigenvalue weighted by Crippen LogP contribution is -2.66. The molecule has 0 radical (unpaired) electrons. The van der Waals surface area contributed by atoms with Gasteiger partial charge in [-0.3, -0.25) is 38.6 Å². The zero-order valence-corrected chi connectivity index (χ0v) is 54.4. The topological polar surface area (TPSA) is 357 Å². The summed E-state index contributed by atoms with van der Waals surface area (Å²) in [4.78, 5) is 89.5. The van der Waals surface area contributed by atoms with Crippen LogP contribution in [0.15, 0.2) is 12.4 Å². The first-order chi connectivity index (χ1) is 43.2. The number of esters is 6. The second kappa shape index (κ2) is 44.3. The lowest BCUT2D eigenvalue weighted by Gasteiger charge is -2.48. The Bertz CT molecular complexity index is 2150. The van der Waals surface area contributed by atoms with E-state index in [1.807, 2.05) is 51.3 Å². The number of nitrogens with two attached hydrogens (primary N) is 4. The summed E-state index contributed by atoms with van der Waals surface area (Å²) >= 11 is 0. The van der Waals surface area contributed by atoms with E-state index in [1.54, 1.807) is 12.4 Å². The van der Waals surface area contributed by atoms with Crippen molar-refractivity contribution < 1.29 is 71.4 Å². The zero-order chi connectivity index (χ0) is 64.8. The summed E-state index contributed by atoms with van der Waals surface area (Å²) in [6.07, 6.45) is -0.407. The molecular formula is C62H110N12O15. The van der Waals surface area contributed by atoms with E-state index in [9.17, 15) is 28.8 Å². The highest BCUT2D eigenvalue weighted by Crippen LogP contribution is 2.37. The highest BCUT2D eigenvalue weighted by Gasteiger charge is 2.58. The predicted molar refractivity (Wildman–Crippen MR) is 329 cm³/mol. The van der Waals surface area contributed by atoms with Gasteiger partial charge in [-0.1, -0.05) is 129 Å². The fourth-order valence-electron chi connectivity index (χ4n) is 10.7. The molecule has 2 aliphatic rings. The summed E-state index contributed by atoms with van der Waals surface area (Å²) in [5.41, 5.74) is 24.9. The predicted octanol–water partition coefficient (Wildman–Crippen LogP) is 5.43. The SMILES string of the molecule is CCCCCC(=O)O[C@@H]1[C@@H](OC(=O)CCCCC)[C@@H](O[C@H]2O[C@H](Cn3cc(CN(CCN)CCN)nn3)[C@@H](OC(=O)CCCCC)[C@H](OC(=O)CCCCC)[C@H]2OC(=O)CCCCC)O[C@H](Cn2cc(CN(CCN)CCN)nn2)[C@H]1OC(=O)CCCCC. The lowest BCUT2D eigenvalue weighted by molar-refractivity contribution is -0.376. The molecule has 27 nitrogen and oxygen atoms in total. The number of hydrogen-bond donors (Lipinski definition) is 4. The van der Waals surface area contributed by atoms with Gasteiger partial charge in [-0.2, -0.15) is 0 Å². The maximum absolute atomic E-state index is 14.3. The molecule has 2 fully saturated rings. The Hall–Kier alpha value is -5.26. The van der Waals surface area contributed by atoms with E-state index in [4.69, 9.17) is 65.6 Å². The molecule has 10 atom stereocenters. The van der Waals surface area contributed by atoms with Crippen molar-refractivity contribution in [2.75, 3.05) is 52.4 Å². The average Bonchev–Trinajstić information content (AvgIpc) is 1.29. The maximum Gasteiger partial charge on any atom is 0.306 e. The molecule has 2 aliphatic heterocycles. The van der Waals surface area contributed by atoms with Crippen molar-refractivity contribution >= 4 is 35.8 Å². The number of carbonyl (C=O) groups is 6. The van der Waals surface area contributed by atoms with Crippen LogP contribution in [0.1, 0.15) is 207 Å². The van der Waals surface area contributed by atoms with Crippen LogP contribution in [0, 0.1) is 0 Å². The first-order valence-corrected chi connectivity index (χ1v) is 33.3. The molecule has 2 aromatic rings. The van der Waals surface area contributed by atoms with Crippen molar-refractivity contribution in [1.29, 1.82) is 0 Å². The minimum Gasteiger partial charge on any atom is -0.455 e. The summed E-state index contributed by atoms with van der Waals surface area (Å²) in [5, 5.41) is 17.8. The molecule has 0 saturated carbocycles. The van der Waals surface area contributed by atoms with Crippen molar-refractivity contribution in [3.05, 3.63) is 23.8 Å². The molecule has 8 N–H and O–H groups in total. The van der Waals surface area contributed by atoms with E-state index in [-0.39, 0.29) is 51.6 Å². The van der Waals surface area contributed by atoms with Gasteiger partial charge in [0.25, 0.3) is 0 Å². The van der Waals surface area contributed by atoms with Crippen LogP contribution < -0.4 is 22.9 Å². The van der Waals surface area contributed by atoms with E-state index < -0.39 is 97.2 Å². The molecule has 0 aromatic carbocycles. The summed E-state index contributed by atoms with van der Waals surface area (Å²) in [6.45, 7) is 16.0. The van der Waals surface area contributed by atoms with Crippen LogP contribution in [0.4, 0.5) is 0 Å². The van der Waals surface area contributed by atoms with Gasteiger partial charge in [0.15, 0.2) is 36.6 Å². The standard InChI is InChI=1S/C62H110N12O15/c1-7-13-19-25-49(75)83-55-47(43-73-41-45(67-69-73)39-71(35-31-63)36-32-64)81-61(59(87-53(79)29-23-17-11-5)57(55)85-51(77)27-21-15-9-3)89-62-60(88-54(80)30-24-18-12-6)58(86-52(78)28-22-16-10-4)56(84-50(76)26-20-14-8-2)48(82-62)44-74-42-46(68-70-74)40-72(37-33-65)38-34-66/h41-42,47-48,55-62H,7-40,43-44,63-66H2,1-6H3/t47-,48-,55-,56-,57+,58+,59-,60-,61-,62-/m1/s1. The fourth-order valence-corrected chi connectivity index (χ4v) is 10.7. The van der Waals surface area contributed by atoms with Crippen LogP contribution in [0.5, 0.6) is 0 Å². The number of hydrogen-bond acceptors (Lipinski definition) is 25. The number of rotatable bonds is 48. The second-order valence-corrected chi connectivity index (χ2v) is 23.3. The van der Waals surface area contributed by atoms with Gasteiger partial charge in [0, 0.05) is 116 Å². The summed E-state index contributed by atoms with van der Waals surface area (Å²) in [6, 6.07) is 0. The molecule has 0 amide bonds. The van der Waals surface area contributed by atoms with Crippen LogP contribution in [0.2, 0.25) is 0 Å². The van der Waals surface area contributed by atoms with Crippen LogP contribution in [-0.2, 0) is 97.6 Å². The van der Waals surface area contributed by atoms with Crippen LogP contribution in [0.25, 0.3) is 0 Å². The Balaban J connectivity index is 2.03. The Labute approximate surface area is 527 Å². The number of aromatic nitrogens is 6. The molecular weight excluding hydrogens is 1150 g/mol. The summed E-state index contributed by atoms with van der Waals surface area (Å²) in [5.74, 6) is -3.98. The lowest BCUT2D eigenvalue weighted by atomic mass is 9.96. The third kappa shape index (κ3) is 28.0. The average molecular weight is 1260 g/mol. The molecule has 0 unspecified atom stereocenters. The molecule has 27 heteroatoms. The zero-order valence-electron chi connectivity index (χ0n) is 54.4. The second-order valence-electron chi connectivity index (χ2n) is 23.3. The van der Waals surface area contributed by atoms with Crippen molar-refractivity contribution in [3.63, 3.8) is 0 Å². The van der Waals surface area contributed by atoms with E-state index >= 15 is 0 Å². The van der Waals surface area contributed by atoms with Gasteiger partial charge in [0.05, 0.1) is 24.5 Å². The van der Waals surface area contributed by atoms with E-state index in [0.717, 1.165) is 51.4 Å². The summed E-state index contributed by atoms with van der Waals surface area (Å²) < 4.78 is 62.4. The van der Waals surface area contributed by atoms with Crippen molar-refractivity contribution in [3.8, 4) is 0 Å². The monoisotopic (exact) mass is 1260 g/mol. The molecule has 2 aromatic heterocycles. The third-order valence-corrected chi connectivity index (χ3v) is 15.4. The Morgan fingerprint density at radius 1 is 0.404 bits per heavy atom. The first kappa shape index (κ1) is 76.2. The molecule has 0 bridgehead atoms. The minimum atomic E-state index is -1.79. The van der Waals surface area contributed by atoms with Gasteiger partial charge in [-0.15, -0.1) is 10.2 Å². The first-order valence-electron chi connectivity index (χ1n) is 33.3. The van der Waals surface area contributed by atoms with Gasteiger partial charge in [-0.05, 0) is 38.5 Å². The quantitative estimate of drug-likeness (QED) is 0.0364. The van der Waals surface area contributed by atoms with E-state index in [0.29, 0.717) is 141 Å². The molecule has 2 saturated heterocycles. The Morgan fingerprint density at radius 3 is 0.921 bits per heavy atom. The normalized spacial score (nSPS) is 21.8. The summed E-state index contributed by atoms with van der Waals surface area (Å²) in [7, 11) is 0. The number of carbonyl (C=O) groups excluding carboxylic acids is 6.